The Morgan fingerprint density at radius 2 is 2.28 bits per heavy atom. The Kier molecular flexibility index (Phi) is 5.31. The van der Waals surface area contributed by atoms with E-state index in [1.807, 2.05) is 18.2 Å². The van der Waals surface area contributed by atoms with Gasteiger partial charge in [0.25, 0.3) is 0 Å². The summed E-state index contributed by atoms with van der Waals surface area (Å²) in [7, 11) is 1.68. The lowest BCUT2D eigenvalue weighted by atomic mass is 10.0. The monoisotopic (exact) mass is 247 g/mol. The van der Waals surface area contributed by atoms with Crippen molar-refractivity contribution in [2.75, 3.05) is 12.8 Å². The van der Waals surface area contributed by atoms with Gasteiger partial charge in [-0.05, 0) is 18.6 Å². The highest BCUT2D eigenvalue weighted by atomic mass is 16.5. The second-order valence-corrected chi connectivity index (χ2v) is 4.12. The van der Waals surface area contributed by atoms with Gasteiger partial charge in [-0.2, -0.15) is 0 Å². The van der Waals surface area contributed by atoms with Gasteiger partial charge in [0.15, 0.2) is 5.88 Å². The van der Waals surface area contributed by atoms with Gasteiger partial charge in [-0.3, -0.25) is 0 Å². The maximum absolute atomic E-state index is 5.59. The fourth-order valence-electron chi connectivity index (χ4n) is 1.59. The third-order valence-electron chi connectivity index (χ3n) is 2.84. The van der Waals surface area contributed by atoms with Crippen molar-refractivity contribution < 1.29 is 9.15 Å². The van der Waals surface area contributed by atoms with Crippen molar-refractivity contribution in [3.05, 3.63) is 48.5 Å². The van der Waals surface area contributed by atoms with Crippen LogP contribution in [0.25, 0.3) is 5.57 Å². The molecule has 0 aliphatic rings. The molecule has 18 heavy (non-hydrogen) atoms. The van der Waals surface area contributed by atoms with Gasteiger partial charge in [0, 0.05) is 17.6 Å². The topological polar surface area (TPSA) is 48.4 Å². The average Bonchev–Trinajstić information content (AvgIpc) is 2.80. The van der Waals surface area contributed by atoms with Gasteiger partial charge in [-0.1, -0.05) is 32.6 Å². The van der Waals surface area contributed by atoms with Crippen LogP contribution in [0, 0.1) is 5.92 Å². The first kappa shape index (κ1) is 14.2. The van der Waals surface area contributed by atoms with Gasteiger partial charge < -0.3 is 14.9 Å². The molecule has 3 nitrogen and oxygen atoms in total. The third-order valence-corrected chi connectivity index (χ3v) is 2.84. The summed E-state index contributed by atoms with van der Waals surface area (Å²) in [5.74, 6) is 2.39. The standard InChI is InChI=1S/C15H21NO2/c1-5-7-12(13-8-9-15(16)18-13)10-14(17-4)11(3)6-2/h5,7-11H,1,6,16H2,2-4H3/b12-7+,14-10+. The lowest BCUT2D eigenvalue weighted by Crippen LogP contribution is -2.00. The first-order valence-electron chi connectivity index (χ1n) is 6.06. The zero-order chi connectivity index (χ0) is 13.5. The van der Waals surface area contributed by atoms with Crippen LogP contribution in [-0.4, -0.2) is 7.11 Å². The molecule has 1 rings (SSSR count). The zero-order valence-corrected chi connectivity index (χ0v) is 11.3. The number of nitrogens with two attached hydrogens (primary N) is 1. The Morgan fingerprint density at radius 1 is 1.56 bits per heavy atom. The summed E-state index contributed by atoms with van der Waals surface area (Å²) in [4.78, 5) is 0. The number of ether oxygens (including phenoxy) is 1. The van der Waals surface area contributed by atoms with Crippen LogP contribution in [-0.2, 0) is 4.74 Å². The first-order chi connectivity index (χ1) is 8.62. The normalized spacial score (nSPS) is 14.4. The Morgan fingerprint density at radius 3 is 2.72 bits per heavy atom. The zero-order valence-electron chi connectivity index (χ0n) is 11.3. The van der Waals surface area contributed by atoms with Crippen LogP contribution in [0.2, 0.25) is 0 Å². The van der Waals surface area contributed by atoms with Gasteiger partial charge in [-0.15, -0.1) is 0 Å². The summed E-state index contributed by atoms with van der Waals surface area (Å²) in [5.41, 5.74) is 6.49. The van der Waals surface area contributed by atoms with E-state index in [4.69, 9.17) is 14.9 Å². The summed E-state index contributed by atoms with van der Waals surface area (Å²) in [6.45, 7) is 7.96. The van der Waals surface area contributed by atoms with E-state index in [-0.39, 0.29) is 0 Å². The smallest absolute Gasteiger partial charge is 0.190 e. The number of hydrogen-bond donors (Lipinski definition) is 1. The van der Waals surface area contributed by atoms with E-state index < -0.39 is 0 Å². The van der Waals surface area contributed by atoms with E-state index >= 15 is 0 Å². The van der Waals surface area contributed by atoms with E-state index in [1.165, 1.54) is 0 Å². The Balaban J connectivity index is 3.10. The number of anilines is 1. The molecule has 0 radical (unpaired) electrons. The molecule has 2 N–H and O–H groups in total. The molecule has 0 aliphatic carbocycles. The minimum Gasteiger partial charge on any atom is -0.501 e. The Labute approximate surface area is 109 Å². The number of nitrogen functional groups attached to an aromatic ring is 1. The highest BCUT2D eigenvalue weighted by Crippen LogP contribution is 2.25. The van der Waals surface area contributed by atoms with Crippen LogP contribution in [0.3, 0.4) is 0 Å². The summed E-state index contributed by atoms with van der Waals surface area (Å²) >= 11 is 0. The number of furan rings is 1. The SMILES string of the molecule is C=C/C=C(\C=C(\OC)C(C)CC)c1ccc(N)o1. The molecular weight excluding hydrogens is 226 g/mol. The molecule has 1 atom stereocenters. The number of rotatable bonds is 6. The second kappa shape index (κ2) is 6.74. The summed E-state index contributed by atoms with van der Waals surface area (Å²) in [6.07, 6.45) is 6.57. The molecule has 0 bridgehead atoms. The molecule has 0 amide bonds. The van der Waals surface area contributed by atoms with Crippen LogP contribution in [0.5, 0.6) is 0 Å². The molecule has 98 valence electrons. The number of methoxy groups -OCH3 is 1. The lowest BCUT2D eigenvalue weighted by molar-refractivity contribution is 0.245. The summed E-state index contributed by atoms with van der Waals surface area (Å²) in [5, 5.41) is 0. The molecule has 0 spiro atoms. The van der Waals surface area contributed by atoms with Gasteiger partial charge in [0.05, 0.1) is 12.9 Å². The molecule has 0 saturated heterocycles. The Bertz CT molecular complexity index is 455. The minimum atomic E-state index is 0.357. The third kappa shape index (κ3) is 3.55. The number of hydrogen-bond acceptors (Lipinski definition) is 3. The van der Waals surface area contributed by atoms with Crippen LogP contribution in [0.4, 0.5) is 5.88 Å². The predicted molar refractivity (Wildman–Crippen MR) is 75.8 cm³/mol. The highest BCUT2D eigenvalue weighted by Gasteiger charge is 2.10. The Hall–Kier alpha value is -1.90. The van der Waals surface area contributed by atoms with Crippen molar-refractivity contribution in [1.29, 1.82) is 0 Å². The van der Waals surface area contributed by atoms with Crippen molar-refractivity contribution in [2.24, 2.45) is 5.92 Å². The molecular formula is C15H21NO2. The fourth-order valence-corrected chi connectivity index (χ4v) is 1.59. The minimum absolute atomic E-state index is 0.357. The molecule has 0 aromatic carbocycles. The van der Waals surface area contributed by atoms with Crippen LogP contribution in [0.1, 0.15) is 26.0 Å². The summed E-state index contributed by atoms with van der Waals surface area (Å²) < 4.78 is 10.8. The molecule has 3 heteroatoms. The van der Waals surface area contributed by atoms with Gasteiger partial charge in [0.1, 0.15) is 5.76 Å². The van der Waals surface area contributed by atoms with Crippen LogP contribution >= 0.6 is 0 Å². The largest absolute Gasteiger partial charge is 0.501 e. The van der Waals surface area contributed by atoms with Gasteiger partial charge in [0.2, 0.25) is 0 Å². The van der Waals surface area contributed by atoms with Crippen LogP contribution < -0.4 is 5.73 Å². The van der Waals surface area contributed by atoms with E-state index in [9.17, 15) is 0 Å². The van der Waals surface area contributed by atoms with Crippen molar-refractivity contribution >= 4 is 11.5 Å². The van der Waals surface area contributed by atoms with E-state index in [2.05, 4.69) is 20.4 Å². The van der Waals surface area contributed by atoms with E-state index in [0.717, 1.165) is 17.8 Å². The molecule has 1 aromatic rings. The van der Waals surface area contributed by atoms with Crippen molar-refractivity contribution in [2.45, 2.75) is 20.3 Å². The van der Waals surface area contributed by atoms with Crippen molar-refractivity contribution in [1.82, 2.24) is 0 Å². The summed E-state index contributed by atoms with van der Waals surface area (Å²) in [6, 6.07) is 3.57. The maximum Gasteiger partial charge on any atom is 0.190 e. The quantitative estimate of drug-likeness (QED) is 0.610. The fraction of sp³-hybridized carbons (Fsp3) is 0.333. The van der Waals surface area contributed by atoms with Crippen LogP contribution in [0.15, 0.2) is 47.1 Å². The van der Waals surface area contributed by atoms with E-state index in [1.54, 1.807) is 19.3 Å². The molecule has 1 aromatic heterocycles. The van der Waals surface area contributed by atoms with E-state index in [0.29, 0.717) is 17.6 Å². The van der Waals surface area contributed by atoms with Crippen molar-refractivity contribution in [3.63, 3.8) is 0 Å². The first-order valence-corrected chi connectivity index (χ1v) is 6.06. The van der Waals surface area contributed by atoms with Gasteiger partial charge >= 0.3 is 0 Å². The second-order valence-electron chi connectivity index (χ2n) is 4.12. The number of allylic oxidation sites excluding steroid dienone is 5. The lowest BCUT2D eigenvalue weighted by Gasteiger charge is -2.13. The molecule has 0 aliphatic heterocycles. The molecule has 0 fully saturated rings. The van der Waals surface area contributed by atoms with Gasteiger partial charge in [-0.25, -0.2) is 0 Å². The molecule has 0 saturated carbocycles. The maximum atomic E-state index is 5.59. The predicted octanol–water partition coefficient (Wildman–Crippen LogP) is 4.01. The molecule has 1 unspecified atom stereocenters. The molecule has 1 heterocycles. The average molecular weight is 247 g/mol. The highest BCUT2D eigenvalue weighted by molar-refractivity contribution is 5.73. The van der Waals surface area contributed by atoms with Crippen molar-refractivity contribution in [3.8, 4) is 0 Å².